The highest BCUT2D eigenvalue weighted by atomic mass is 15.3. The van der Waals surface area contributed by atoms with E-state index in [0.29, 0.717) is 0 Å². The summed E-state index contributed by atoms with van der Waals surface area (Å²) in [5.41, 5.74) is 5.18. The van der Waals surface area contributed by atoms with Gasteiger partial charge in [0.25, 0.3) is 0 Å². The Labute approximate surface area is 122 Å². The third-order valence-corrected chi connectivity index (χ3v) is 3.65. The van der Waals surface area contributed by atoms with Gasteiger partial charge < -0.3 is 5.32 Å². The summed E-state index contributed by atoms with van der Waals surface area (Å²) in [7, 11) is 0. The van der Waals surface area contributed by atoms with Gasteiger partial charge in [0.1, 0.15) is 0 Å². The molecule has 0 saturated carbocycles. The molecule has 2 rings (SSSR count). The normalized spacial score (nSPS) is 10.9. The van der Waals surface area contributed by atoms with E-state index in [2.05, 4.69) is 55.0 Å². The summed E-state index contributed by atoms with van der Waals surface area (Å²) in [4.78, 5) is 0. The molecule has 0 fully saturated rings. The SMILES string of the molecule is CCNCCc1c(CC)nn(-c2ccccc2)c1CC. The number of para-hydroxylation sites is 1. The number of hydrogen-bond acceptors (Lipinski definition) is 2. The van der Waals surface area contributed by atoms with Crippen LogP contribution in [0.4, 0.5) is 0 Å². The number of aryl methyl sites for hydroxylation is 1. The molecule has 0 spiro atoms. The summed E-state index contributed by atoms with van der Waals surface area (Å²) >= 11 is 0. The van der Waals surface area contributed by atoms with Crippen molar-refractivity contribution in [1.82, 2.24) is 15.1 Å². The molecule has 0 bridgehead atoms. The van der Waals surface area contributed by atoms with Gasteiger partial charge >= 0.3 is 0 Å². The fourth-order valence-electron chi connectivity index (χ4n) is 2.64. The Bertz CT molecular complexity index is 529. The van der Waals surface area contributed by atoms with Crippen molar-refractivity contribution >= 4 is 0 Å². The van der Waals surface area contributed by atoms with Crippen LogP contribution >= 0.6 is 0 Å². The molecule has 0 saturated heterocycles. The van der Waals surface area contributed by atoms with Gasteiger partial charge in [0, 0.05) is 5.69 Å². The average molecular weight is 271 g/mol. The van der Waals surface area contributed by atoms with Gasteiger partial charge in [-0.2, -0.15) is 5.10 Å². The van der Waals surface area contributed by atoms with E-state index in [-0.39, 0.29) is 0 Å². The number of benzene rings is 1. The minimum Gasteiger partial charge on any atom is -0.317 e. The topological polar surface area (TPSA) is 29.9 Å². The zero-order valence-electron chi connectivity index (χ0n) is 12.8. The monoisotopic (exact) mass is 271 g/mol. The molecule has 0 aliphatic rings. The fraction of sp³-hybridized carbons (Fsp3) is 0.471. The predicted octanol–water partition coefficient (Wildman–Crippen LogP) is 3.15. The van der Waals surface area contributed by atoms with Gasteiger partial charge in [0.15, 0.2) is 0 Å². The van der Waals surface area contributed by atoms with Crippen molar-refractivity contribution in [2.75, 3.05) is 13.1 Å². The molecule has 1 N–H and O–H groups in total. The van der Waals surface area contributed by atoms with Gasteiger partial charge in [-0.1, -0.05) is 39.0 Å². The van der Waals surface area contributed by atoms with Crippen LogP contribution in [0.15, 0.2) is 30.3 Å². The Morgan fingerprint density at radius 3 is 2.40 bits per heavy atom. The molecule has 20 heavy (non-hydrogen) atoms. The molecular weight excluding hydrogens is 246 g/mol. The third kappa shape index (κ3) is 3.10. The zero-order chi connectivity index (χ0) is 14.4. The van der Waals surface area contributed by atoms with Gasteiger partial charge in [0.05, 0.1) is 11.4 Å². The number of nitrogens with zero attached hydrogens (tertiary/aromatic N) is 2. The Morgan fingerprint density at radius 2 is 1.80 bits per heavy atom. The van der Waals surface area contributed by atoms with Crippen LogP contribution in [0.25, 0.3) is 5.69 Å². The lowest BCUT2D eigenvalue weighted by molar-refractivity contribution is 0.709. The Balaban J connectivity index is 2.38. The van der Waals surface area contributed by atoms with Crippen molar-refractivity contribution in [2.45, 2.75) is 40.0 Å². The highest BCUT2D eigenvalue weighted by molar-refractivity contribution is 5.38. The van der Waals surface area contributed by atoms with Crippen LogP contribution in [0.2, 0.25) is 0 Å². The minimum absolute atomic E-state index is 0.994. The van der Waals surface area contributed by atoms with Crippen LogP contribution in [0.3, 0.4) is 0 Å². The molecule has 1 heterocycles. The van der Waals surface area contributed by atoms with Gasteiger partial charge in [-0.3, -0.25) is 0 Å². The van der Waals surface area contributed by atoms with Crippen molar-refractivity contribution in [1.29, 1.82) is 0 Å². The lowest BCUT2D eigenvalue weighted by Gasteiger charge is -2.08. The van der Waals surface area contributed by atoms with Gasteiger partial charge in [0.2, 0.25) is 0 Å². The molecule has 2 aromatic rings. The van der Waals surface area contributed by atoms with Crippen molar-refractivity contribution in [3.8, 4) is 5.69 Å². The molecule has 0 aliphatic heterocycles. The first kappa shape index (κ1) is 14.8. The van der Waals surface area contributed by atoms with Crippen LogP contribution < -0.4 is 5.32 Å². The zero-order valence-corrected chi connectivity index (χ0v) is 12.8. The second kappa shape index (κ2) is 7.25. The third-order valence-electron chi connectivity index (χ3n) is 3.65. The fourth-order valence-corrected chi connectivity index (χ4v) is 2.64. The molecule has 108 valence electrons. The predicted molar refractivity (Wildman–Crippen MR) is 84.6 cm³/mol. The van der Waals surface area contributed by atoms with Crippen molar-refractivity contribution in [2.24, 2.45) is 0 Å². The van der Waals surface area contributed by atoms with E-state index in [1.165, 1.54) is 17.0 Å². The van der Waals surface area contributed by atoms with Crippen molar-refractivity contribution in [3.63, 3.8) is 0 Å². The van der Waals surface area contributed by atoms with E-state index in [0.717, 1.165) is 38.0 Å². The number of nitrogens with one attached hydrogen (secondary N) is 1. The molecule has 0 unspecified atom stereocenters. The maximum Gasteiger partial charge on any atom is 0.0661 e. The Morgan fingerprint density at radius 1 is 1.05 bits per heavy atom. The number of aromatic nitrogens is 2. The van der Waals surface area contributed by atoms with Crippen LogP contribution in [0.1, 0.15) is 37.7 Å². The Hall–Kier alpha value is -1.61. The lowest BCUT2D eigenvalue weighted by Crippen LogP contribution is -2.17. The molecule has 1 aromatic heterocycles. The highest BCUT2D eigenvalue weighted by Gasteiger charge is 2.15. The van der Waals surface area contributed by atoms with E-state index in [1.54, 1.807) is 0 Å². The summed E-state index contributed by atoms with van der Waals surface area (Å²) < 4.78 is 2.13. The maximum atomic E-state index is 4.84. The second-order valence-corrected chi connectivity index (χ2v) is 4.93. The quantitative estimate of drug-likeness (QED) is 0.784. The molecule has 0 aliphatic carbocycles. The molecule has 3 heteroatoms. The number of rotatable bonds is 7. The van der Waals surface area contributed by atoms with E-state index in [9.17, 15) is 0 Å². The standard InChI is InChI=1S/C17H25N3/c1-4-16-15(12-13-18-6-3)17(5-2)20(19-16)14-10-8-7-9-11-14/h7-11,18H,4-6,12-13H2,1-3H3. The molecule has 0 radical (unpaired) electrons. The highest BCUT2D eigenvalue weighted by Crippen LogP contribution is 2.20. The van der Waals surface area contributed by atoms with Gasteiger partial charge in [-0.25, -0.2) is 4.68 Å². The number of hydrogen-bond donors (Lipinski definition) is 1. The van der Waals surface area contributed by atoms with Crippen molar-refractivity contribution in [3.05, 3.63) is 47.3 Å². The first-order chi connectivity index (χ1) is 9.81. The van der Waals surface area contributed by atoms with Crippen LogP contribution in [-0.4, -0.2) is 22.9 Å². The minimum atomic E-state index is 0.994. The smallest absolute Gasteiger partial charge is 0.0661 e. The summed E-state index contributed by atoms with van der Waals surface area (Å²) in [6.07, 6.45) is 3.07. The van der Waals surface area contributed by atoms with Gasteiger partial charge in [-0.15, -0.1) is 0 Å². The molecule has 3 nitrogen and oxygen atoms in total. The van der Waals surface area contributed by atoms with Crippen LogP contribution in [0, 0.1) is 0 Å². The first-order valence-corrected chi connectivity index (χ1v) is 7.67. The number of likely N-dealkylation sites (N-methyl/N-ethyl adjacent to an activating group) is 1. The van der Waals surface area contributed by atoms with Crippen LogP contribution in [0.5, 0.6) is 0 Å². The summed E-state index contributed by atoms with van der Waals surface area (Å²) in [6.45, 7) is 8.60. The Kier molecular flexibility index (Phi) is 5.36. The summed E-state index contributed by atoms with van der Waals surface area (Å²) in [5.74, 6) is 0. The molecule has 0 amide bonds. The summed E-state index contributed by atoms with van der Waals surface area (Å²) in [6, 6.07) is 10.4. The van der Waals surface area contributed by atoms with E-state index in [4.69, 9.17) is 5.10 Å². The lowest BCUT2D eigenvalue weighted by atomic mass is 10.1. The molecule has 0 atom stereocenters. The van der Waals surface area contributed by atoms with Crippen molar-refractivity contribution < 1.29 is 0 Å². The van der Waals surface area contributed by atoms with E-state index < -0.39 is 0 Å². The largest absolute Gasteiger partial charge is 0.317 e. The summed E-state index contributed by atoms with van der Waals surface area (Å²) in [5, 5.41) is 8.25. The average Bonchev–Trinajstić information content (AvgIpc) is 2.86. The van der Waals surface area contributed by atoms with Crippen LogP contribution in [-0.2, 0) is 19.3 Å². The van der Waals surface area contributed by atoms with E-state index in [1.807, 2.05) is 6.07 Å². The molecule has 1 aromatic carbocycles. The van der Waals surface area contributed by atoms with E-state index >= 15 is 0 Å². The first-order valence-electron chi connectivity index (χ1n) is 7.67. The maximum absolute atomic E-state index is 4.84. The molecular formula is C17H25N3. The second-order valence-electron chi connectivity index (χ2n) is 4.93. The van der Waals surface area contributed by atoms with Gasteiger partial charge in [-0.05, 0) is 50.0 Å².